The molecular weight excluding hydrogens is 108 g/mol. The molecule has 0 radical (unpaired) electrons. The van der Waals surface area contributed by atoms with Gasteiger partial charge in [0, 0.05) is 0 Å². The van der Waals surface area contributed by atoms with E-state index in [0.29, 0.717) is 0 Å². The highest BCUT2D eigenvalue weighted by Gasteiger charge is 2.50. The van der Waals surface area contributed by atoms with Gasteiger partial charge >= 0.3 is 0 Å². The zero-order valence-corrected chi connectivity index (χ0v) is 6.54. The van der Waals surface area contributed by atoms with Gasteiger partial charge in [0.05, 0.1) is 0 Å². The van der Waals surface area contributed by atoms with Crippen LogP contribution in [0.25, 0.3) is 0 Å². The van der Waals surface area contributed by atoms with Gasteiger partial charge in [0.25, 0.3) is 0 Å². The molecule has 52 valence electrons. The second-order valence-corrected chi connectivity index (χ2v) is 4.83. The first-order chi connectivity index (χ1) is 4.12. The summed E-state index contributed by atoms with van der Waals surface area (Å²) >= 11 is 0. The Bertz CT molecular complexity index is 115. The van der Waals surface area contributed by atoms with Gasteiger partial charge < -0.3 is 0 Å². The molecule has 0 N–H and O–H groups in total. The number of hydrogen-bond donors (Lipinski definition) is 0. The van der Waals surface area contributed by atoms with Crippen LogP contribution < -0.4 is 0 Å². The Morgan fingerprint density at radius 1 is 0.889 bits per heavy atom. The van der Waals surface area contributed by atoms with Crippen molar-refractivity contribution < 1.29 is 0 Å². The summed E-state index contributed by atoms with van der Waals surface area (Å²) in [6.45, 7) is 4.90. The first-order valence-corrected chi connectivity index (χ1v) is 4.12. The molecule has 0 amide bonds. The summed E-state index contributed by atoms with van der Waals surface area (Å²) in [5.74, 6) is 0. The molecule has 0 aromatic heterocycles. The van der Waals surface area contributed by atoms with Crippen LogP contribution >= 0.6 is 0 Å². The average molecular weight is 124 g/mol. The lowest BCUT2D eigenvalue weighted by Crippen LogP contribution is -2.46. The van der Waals surface area contributed by atoms with Gasteiger partial charge in [0.2, 0.25) is 0 Å². The van der Waals surface area contributed by atoms with Crippen molar-refractivity contribution in [1.29, 1.82) is 0 Å². The molecule has 0 unspecified atom stereocenters. The Hall–Kier alpha value is 0. The summed E-state index contributed by atoms with van der Waals surface area (Å²) in [4.78, 5) is 0. The van der Waals surface area contributed by atoms with E-state index in [2.05, 4.69) is 13.8 Å². The molecule has 0 heterocycles. The maximum absolute atomic E-state index is 2.45. The molecule has 0 heteroatoms. The second-order valence-electron chi connectivity index (χ2n) is 4.83. The standard InChI is InChI=1S/C9H16/c1-8-4-3-5-9(2,6-8)7-8/h3-7H2,1-2H3. The van der Waals surface area contributed by atoms with Crippen LogP contribution in [0.15, 0.2) is 0 Å². The van der Waals surface area contributed by atoms with Crippen molar-refractivity contribution in [2.24, 2.45) is 10.8 Å². The Labute approximate surface area is 57.6 Å². The Kier molecular flexibility index (Phi) is 0.868. The monoisotopic (exact) mass is 124 g/mol. The van der Waals surface area contributed by atoms with Crippen molar-refractivity contribution in [3.8, 4) is 0 Å². The lowest BCUT2D eigenvalue weighted by atomic mass is 9.47. The number of rotatable bonds is 0. The van der Waals surface area contributed by atoms with Crippen molar-refractivity contribution in [1.82, 2.24) is 0 Å². The van der Waals surface area contributed by atoms with Crippen molar-refractivity contribution in [2.45, 2.75) is 46.0 Å². The highest BCUT2D eigenvalue weighted by Crippen LogP contribution is 2.62. The fourth-order valence-corrected chi connectivity index (χ4v) is 3.30. The van der Waals surface area contributed by atoms with Crippen LogP contribution in [0.3, 0.4) is 0 Å². The first kappa shape index (κ1) is 5.76. The van der Waals surface area contributed by atoms with Gasteiger partial charge in [-0.05, 0) is 36.5 Å². The number of hydrogen-bond acceptors (Lipinski definition) is 0. The predicted octanol–water partition coefficient (Wildman–Crippen LogP) is 2.98. The third-order valence-corrected chi connectivity index (χ3v) is 3.27. The summed E-state index contributed by atoms with van der Waals surface area (Å²) in [5, 5.41) is 0. The van der Waals surface area contributed by atoms with Gasteiger partial charge in [0.15, 0.2) is 0 Å². The zero-order valence-electron chi connectivity index (χ0n) is 6.54. The summed E-state index contributed by atoms with van der Waals surface area (Å²) in [6, 6.07) is 0. The van der Waals surface area contributed by atoms with Gasteiger partial charge in [-0.15, -0.1) is 0 Å². The fourth-order valence-electron chi connectivity index (χ4n) is 3.30. The molecule has 0 spiro atoms. The van der Waals surface area contributed by atoms with Crippen LogP contribution in [0.5, 0.6) is 0 Å². The van der Waals surface area contributed by atoms with Crippen LogP contribution in [0, 0.1) is 10.8 Å². The van der Waals surface area contributed by atoms with Crippen LogP contribution in [0.4, 0.5) is 0 Å². The maximum atomic E-state index is 2.45. The van der Waals surface area contributed by atoms with Crippen LogP contribution in [0.1, 0.15) is 46.0 Å². The quantitative estimate of drug-likeness (QED) is 0.465. The SMILES string of the molecule is CC12CCCC(C)(C1)C2. The molecule has 0 aliphatic heterocycles. The van der Waals surface area contributed by atoms with E-state index in [1.54, 1.807) is 0 Å². The largest absolute Gasteiger partial charge is 0.0596 e. The minimum atomic E-state index is 0.785. The van der Waals surface area contributed by atoms with E-state index in [1.807, 2.05) is 0 Å². The minimum absolute atomic E-state index is 0.785. The van der Waals surface area contributed by atoms with Crippen LogP contribution in [-0.4, -0.2) is 0 Å². The lowest BCUT2D eigenvalue weighted by molar-refractivity contribution is -0.0669. The third kappa shape index (κ3) is 0.720. The molecule has 3 rings (SSSR count). The molecule has 3 fully saturated rings. The van der Waals surface area contributed by atoms with Crippen molar-refractivity contribution >= 4 is 0 Å². The van der Waals surface area contributed by atoms with E-state index in [0.717, 1.165) is 10.8 Å². The highest BCUT2D eigenvalue weighted by molar-refractivity contribution is 5.02. The third-order valence-electron chi connectivity index (χ3n) is 3.27. The Balaban J connectivity index is 2.12. The molecule has 0 aromatic rings. The van der Waals surface area contributed by atoms with Crippen LogP contribution in [-0.2, 0) is 0 Å². The topological polar surface area (TPSA) is 0 Å². The molecular formula is C9H16. The van der Waals surface area contributed by atoms with Gasteiger partial charge in [-0.25, -0.2) is 0 Å². The van der Waals surface area contributed by atoms with Crippen LogP contribution in [0.2, 0.25) is 0 Å². The van der Waals surface area contributed by atoms with E-state index in [4.69, 9.17) is 0 Å². The Morgan fingerprint density at radius 2 is 1.33 bits per heavy atom. The molecule has 0 nitrogen and oxygen atoms in total. The van der Waals surface area contributed by atoms with E-state index in [-0.39, 0.29) is 0 Å². The van der Waals surface area contributed by atoms with Gasteiger partial charge in [-0.3, -0.25) is 0 Å². The van der Waals surface area contributed by atoms with Crippen molar-refractivity contribution in [3.05, 3.63) is 0 Å². The molecule has 0 saturated heterocycles. The molecule has 9 heavy (non-hydrogen) atoms. The van der Waals surface area contributed by atoms with E-state index in [1.165, 1.54) is 32.1 Å². The number of fused-ring (bicyclic) bond motifs is 2. The van der Waals surface area contributed by atoms with E-state index < -0.39 is 0 Å². The minimum Gasteiger partial charge on any atom is -0.0596 e. The van der Waals surface area contributed by atoms with Gasteiger partial charge in [-0.1, -0.05) is 20.3 Å². The second kappa shape index (κ2) is 1.36. The predicted molar refractivity (Wildman–Crippen MR) is 39.3 cm³/mol. The molecule has 3 saturated carbocycles. The normalized spacial score (nSPS) is 56.7. The van der Waals surface area contributed by atoms with Crippen molar-refractivity contribution in [2.75, 3.05) is 0 Å². The highest BCUT2D eigenvalue weighted by atomic mass is 14.6. The van der Waals surface area contributed by atoms with E-state index in [9.17, 15) is 0 Å². The molecule has 3 aliphatic rings. The zero-order chi connectivity index (χ0) is 6.54. The summed E-state index contributed by atoms with van der Waals surface area (Å²) in [7, 11) is 0. The van der Waals surface area contributed by atoms with Gasteiger partial charge in [-0.2, -0.15) is 0 Å². The summed E-state index contributed by atoms with van der Waals surface area (Å²) in [5.41, 5.74) is 1.57. The van der Waals surface area contributed by atoms with E-state index >= 15 is 0 Å². The van der Waals surface area contributed by atoms with Crippen molar-refractivity contribution in [3.63, 3.8) is 0 Å². The Morgan fingerprint density at radius 3 is 1.56 bits per heavy atom. The first-order valence-electron chi connectivity index (χ1n) is 4.12. The fraction of sp³-hybridized carbons (Fsp3) is 1.00. The molecule has 0 atom stereocenters. The summed E-state index contributed by atoms with van der Waals surface area (Å²) in [6.07, 6.45) is 7.53. The molecule has 3 aliphatic carbocycles. The summed E-state index contributed by atoms with van der Waals surface area (Å²) < 4.78 is 0. The smallest absolute Gasteiger partial charge is 0.0315 e. The average Bonchev–Trinajstić information content (AvgIpc) is 1.59. The molecule has 0 aromatic carbocycles. The molecule has 2 bridgehead atoms. The van der Waals surface area contributed by atoms with Gasteiger partial charge in [0.1, 0.15) is 0 Å². The lowest BCUT2D eigenvalue weighted by Gasteiger charge is -2.58. The maximum Gasteiger partial charge on any atom is -0.0315 e.